The molecule has 138 heavy (non-hydrogen) atoms. The van der Waals surface area contributed by atoms with Gasteiger partial charge in [-0.2, -0.15) is 0 Å². The molecule has 0 aliphatic carbocycles. The second-order valence-corrected chi connectivity index (χ2v) is 40.2. The van der Waals surface area contributed by atoms with Gasteiger partial charge >= 0.3 is 33.2 Å². The number of hydrogen-bond donors (Lipinski definition) is 24. The van der Waals surface area contributed by atoms with E-state index in [0.29, 0.717) is 13.0 Å². The number of ether oxygens (including phenoxy) is 8. The molecule has 0 spiro atoms. The number of carbonyl (C=O) groups excluding carboxylic acids is 10. The summed E-state index contributed by atoms with van der Waals surface area (Å²) in [5.74, 6) is -19.6. The maximum Gasteiger partial charge on any atom is 0.413 e. The van der Waals surface area contributed by atoms with Crippen LogP contribution in [0, 0.1) is 11.3 Å². The lowest BCUT2D eigenvalue weighted by Gasteiger charge is -2.51. The van der Waals surface area contributed by atoms with Crippen LogP contribution in [0.3, 0.4) is 0 Å². The van der Waals surface area contributed by atoms with E-state index in [9.17, 15) is 109 Å². The number of fused-ring (bicyclic) bond motifs is 15. The van der Waals surface area contributed by atoms with Gasteiger partial charge in [-0.25, -0.2) is 9.59 Å². The number of aromatic hydroxyl groups is 3. The molecule has 2 fully saturated rings. The standard InChI is InChI=1S/C88H117Cl2N11O35P2/c1-9-10-11-12-13-14-15-16-23-93-24-25-101(86(122)130-39-129-62(108)36-87(5,6)35-61(107)95-85(137(123,124)125)138(126,127)128)88(7)37-63(131-41(4)76(88)113)135-75-73(112)72(111)59(38-102)134-84(75)136-74-57-30-45-31-58(74)133-56-22-19-44(29-50(56)90)71(110)69-82(119)98-67(83(120)121)48-32-46(103)33-54(105)64(48)47-27-42(17-20-53(47)104)65(79(116)100-69)97-80(117)66(45)96-78(115)52(34-60(91)106)94-81(118)68(99-77(114)51(92-8)26-40(2)3)70(109)43-18-21-55(132-57)49(89)28-43/h17-22,27-33,40-41,51-52,59,63,65-73,75-76,84-85,92-93,102-105,109-113H,9-16,23-26,34-39H2,1-8H3,(H2,91,106)(H,94,118)(H,95,107)(H,96,115)(H,97,117)(H,98,119)(H,99,114)(H,100,116)(H,120,121)(H2,123,124,125)(H2,126,127,128)/t41-,51+,52-,59+,63-,65+,66+,67-,68+,69-,70+,71+,72+,73-,75+,76+,84-,88-/m0/s1. The highest BCUT2D eigenvalue weighted by molar-refractivity contribution is 7.70. The van der Waals surface area contributed by atoms with Gasteiger partial charge in [-0.15, -0.1) is 0 Å². The molecule has 50 heteroatoms. The fourth-order valence-corrected chi connectivity index (χ4v) is 19.3. The minimum absolute atomic E-state index is 0.00417. The van der Waals surface area contributed by atoms with Crippen LogP contribution in [0.1, 0.15) is 190 Å². The lowest BCUT2D eigenvalue weighted by atomic mass is 9.83. The van der Waals surface area contributed by atoms with Gasteiger partial charge in [-0.05, 0) is 128 Å². The molecule has 7 aliphatic heterocycles. The summed E-state index contributed by atoms with van der Waals surface area (Å²) in [4.78, 5) is 200. The Kier molecular flexibility index (Phi) is 37.3. The van der Waals surface area contributed by atoms with Crippen LogP contribution in [0.15, 0.2) is 78.9 Å². The van der Waals surface area contributed by atoms with Gasteiger partial charge in [0.1, 0.15) is 95.6 Å². The zero-order chi connectivity index (χ0) is 102. The van der Waals surface area contributed by atoms with E-state index in [1.165, 1.54) is 40.8 Å². The number of amides is 9. The van der Waals surface area contributed by atoms with E-state index < -0.39 is 324 Å². The number of likely N-dealkylation sites (N-methyl/N-ethyl adjacent to an activating group) is 1. The molecule has 0 unspecified atom stereocenters. The summed E-state index contributed by atoms with van der Waals surface area (Å²) in [7, 11) is -9.82. The van der Waals surface area contributed by atoms with E-state index in [1.807, 2.05) is 0 Å². The smallest absolute Gasteiger partial charge is 0.413 e. The third kappa shape index (κ3) is 27.3. The quantitative estimate of drug-likeness (QED) is 0.0120. The number of halogens is 2. The monoisotopic (exact) mass is 2020 g/mol. The summed E-state index contributed by atoms with van der Waals surface area (Å²) in [5.41, 5.74) is -3.80. The zero-order valence-corrected chi connectivity index (χ0v) is 79.5. The first-order valence-electron chi connectivity index (χ1n) is 44.2. The molecule has 7 heterocycles. The Morgan fingerprint density at radius 2 is 1.28 bits per heavy atom. The Balaban J connectivity index is 1.12. The Labute approximate surface area is 800 Å². The van der Waals surface area contributed by atoms with Crippen LogP contribution in [0.2, 0.25) is 10.0 Å². The summed E-state index contributed by atoms with van der Waals surface area (Å²) in [6.07, 6.45) is -16.6. The predicted octanol–water partition coefficient (Wildman–Crippen LogP) is 3.38. The molecular formula is C88H117Cl2N11O35P2. The molecule has 18 atom stereocenters. The van der Waals surface area contributed by atoms with Crippen molar-refractivity contribution in [1.82, 2.24) is 52.8 Å². The van der Waals surface area contributed by atoms with Crippen LogP contribution in [0.5, 0.6) is 46.0 Å². The number of carboxylic acids is 1. The summed E-state index contributed by atoms with van der Waals surface area (Å²) >= 11 is 14.4. The van der Waals surface area contributed by atoms with Gasteiger partial charge in [0.05, 0.1) is 47.2 Å². The van der Waals surface area contributed by atoms with E-state index in [4.69, 9.17) is 66.8 Å². The predicted molar refractivity (Wildman–Crippen MR) is 484 cm³/mol. The van der Waals surface area contributed by atoms with E-state index >= 15 is 24.0 Å². The molecule has 25 N–H and O–H groups in total. The fraction of sp³-hybridized carbons (Fsp3) is 0.534. The first-order valence-corrected chi connectivity index (χ1v) is 48.4. The maximum atomic E-state index is 16.4. The number of phenolic OH excluding ortho intramolecular Hbond substituents is 3. The molecule has 12 rings (SSSR count). The summed E-state index contributed by atoms with van der Waals surface area (Å²) in [6, 6.07) is -1.91. The zero-order valence-electron chi connectivity index (χ0n) is 76.2. The topological polar surface area (TPSA) is 716 Å². The molecule has 5 aromatic carbocycles. The van der Waals surface area contributed by atoms with Crippen molar-refractivity contribution in [3.8, 4) is 57.1 Å². The average molecular weight is 2020 g/mol. The van der Waals surface area contributed by atoms with Gasteiger partial charge in [-0.1, -0.05) is 121 Å². The van der Waals surface area contributed by atoms with Crippen LogP contribution in [-0.2, 0) is 80.8 Å². The number of aliphatic hydroxyl groups is 6. The van der Waals surface area contributed by atoms with Crippen LogP contribution in [-0.4, -0.2) is 265 Å². The van der Waals surface area contributed by atoms with Gasteiger partial charge in [-0.3, -0.25) is 57.2 Å². The van der Waals surface area contributed by atoms with E-state index in [1.54, 1.807) is 19.2 Å². The lowest BCUT2D eigenvalue weighted by Crippen LogP contribution is -2.67. The largest absolute Gasteiger partial charge is 0.508 e. The Bertz CT molecular complexity index is 5380. The van der Waals surface area contributed by atoms with Crippen molar-refractivity contribution in [3.63, 3.8) is 0 Å². The van der Waals surface area contributed by atoms with Gasteiger partial charge in [0.2, 0.25) is 71.6 Å². The van der Waals surface area contributed by atoms with Crippen molar-refractivity contribution in [1.29, 1.82) is 0 Å². The number of esters is 1. The molecule has 0 saturated carbocycles. The number of nitrogens with two attached hydrogens (primary N) is 1. The van der Waals surface area contributed by atoms with Crippen LogP contribution in [0.25, 0.3) is 11.1 Å². The van der Waals surface area contributed by atoms with Crippen LogP contribution >= 0.6 is 38.4 Å². The number of aliphatic carboxylic acids is 1. The average Bonchev–Trinajstić information content (AvgIpc) is 0.762. The number of carbonyl (C=O) groups is 11. The highest BCUT2D eigenvalue weighted by Gasteiger charge is 2.56. The first kappa shape index (κ1) is 109. The summed E-state index contributed by atoms with van der Waals surface area (Å²) in [5, 5.41) is 139. The van der Waals surface area contributed by atoms with Crippen molar-refractivity contribution in [3.05, 3.63) is 117 Å². The van der Waals surface area contributed by atoms with Crippen molar-refractivity contribution < 1.29 is 170 Å². The normalized spacial score (nSPS) is 25.0. The molecule has 11 bridgehead atoms. The van der Waals surface area contributed by atoms with Gasteiger partial charge in [0.15, 0.2) is 29.9 Å². The van der Waals surface area contributed by atoms with Gasteiger partial charge < -0.3 is 162 Å². The Hall–Kier alpha value is -10.7. The van der Waals surface area contributed by atoms with Gasteiger partial charge in [0.25, 0.3) is 0 Å². The molecular weight excluding hydrogens is 1900 g/mol. The molecule has 7 aliphatic rings. The second-order valence-electron chi connectivity index (χ2n) is 35.6. The minimum Gasteiger partial charge on any atom is -0.508 e. The summed E-state index contributed by atoms with van der Waals surface area (Å²) < 4.78 is 74.3. The number of hydrogen-bond acceptors (Lipinski definition) is 32. The fourth-order valence-electron chi connectivity index (χ4n) is 16.7. The van der Waals surface area contributed by atoms with E-state index in [2.05, 4.69) is 49.5 Å². The van der Waals surface area contributed by atoms with Crippen LogP contribution in [0.4, 0.5) is 4.79 Å². The summed E-state index contributed by atoms with van der Waals surface area (Å²) in [6.45, 7) is 9.00. The van der Waals surface area contributed by atoms with Crippen LogP contribution < -0.4 is 67.8 Å². The lowest BCUT2D eigenvalue weighted by molar-refractivity contribution is -0.337. The highest BCUT2D eigenvalue weighted by Crippen LogP contribution is 2.59. The number of benzene rings is 5. The highest BCUT2D eigenvalue weighted by atomic mass is 35.5. The third-order valence-corrected chi connectivity index (χ3v) is 27.8. The van der Waals surface area contributed by atoms with Crippen molar-refractivity contribution in [2.75, 3.05) is 40.1 Å². The van der Waals surface area contributed by atoms with Crippen molar-refractivity contribution in [2.24, 2.45) is 17.1 Å². The van der Waals surface area contributed by atoms with E-state index in [-0.39, 0.29) is 36.6 Å². The minimum atomic E-state index is -5.63. The van der Waals surface area contributed by atoms with Gasteiger partial charge in [0, 0.05) is 48.7 Å². The third-order valence-electron chi connectivity index (χ3n) is 23.9. The second kappa shape index (κ2) is 47.1. The number of rotatable bonds is 35. The molecule has 9 amide bonds. The van der Waals surface area contributed by atoms with Crippen molar-refractivity contribution >= 4 is 104 Å². The number of nitrogens with zero attached hydrogens (tertiary/aromatic N) is 1. The Morgan fingerprint density at radius 1 is 0.681 bits per heavy atom. The molecule has 0 radical (unpaired) electrons. The number of aliphatic hydroxyl groups excluding tert-OH is 6. The maximum absolute atomic E-state index is 16.4. The number of phenols is 3. The number of primary amides is 1. The molecule has 46 nitrogen and oxygen atoms in total. The molecule has 2 saturated heterocycles. The number of unbranched alkanes of at least 4 members (excludes halogenated alkanes) is 7. The SMILES string of the molecule is CCCCCCCCCCNCCN(C(=O)OCOC(=O)CC(C)(C)CC(=O)NC(P(=O)(O)O)P(=O)(O)O)[C@@]1(C)C[C@H](O[C@H]2[C@H](Oc3c4cc5cc3Oc3ccc(cc3Cl)[C@@H](O)[C@@H](NC(=O)[C@@H](CC(C)C)NC)C(=O)N[C@@H](CC(N)=O)C(=O)N[C@H]5C(=O)N[C@H]3C(=O)N[C@H](C(=O)N[C@H](C(=O)O)c5cc(O)cc(O)c5-c5cc3ccc5O)[C@H](O)c3ccc(c(Cl)c3)O4)O[C@H](CO)[C@@H](O)[C@@H]2O)O[C@@H](C)[C@H]1O. The number of carboxylic acid groups (broad SMARTS) is 1. The molecule has 0 aromatic heterocycles. The number of nitrogens with one attached hydrogen (secondary N) is 9. The molecule has 5 aromatic rings. The first-order chi connectivity index (χ1) is 64.9. The molecule has 758 valence electrons. The Morgan fingerprint density at radius 3 is 1.86 bits per heavy atom. The van der Waals surface area contributed by atoms with Crippen molar-refractivity contribution in [2.45, 2.75) is 247 Å². The van der Waals surface area contributed by atoms with E-state index in [0.717, 1.165) is 123 Å².